The molecule has 11 heteroatoms. The number of carbonyl (C=O) groups is 3. The van der Waals surface area contributed by atoms with Crippen molar-refractivity contribution in [1.29, 1.82) is 0 Å². The molecule has 3 aromatic carbocycles. The molecule has 48 heavy (non-hydrogen) atoms. The van der Waals surface area contributed by atoms with E-state index in [9.17, 15) is 28.3 Å². The number of ether oxygens (including phenoxy) is 1. The Morgan fingerprint density at radius 3 is 2.15 bits per heavy atom. The summed E-state index contributed by atoms with van der Waals surface area (Å²) < 4.78 is 33.7. The Balaban J connectivity index is 1.68. The summed E-state index contributed by atoms with van der Waals surface area (Å²) in [4.78, 5) is 45.6. The molecule has 0 radical (unpaired) electrons. The Labute approximate surface area is 281 Å². The largest absolute Gasteiger partial charge is 0.482 e. The third kappa shape index (κ3) is 9.60. The molecule has 1 heterocycles. The van der Waals surface area contributed by atoms with E-state index in [1.54, 1.807) is 59.2 Å². The van der Waals surface area contributed by atoms with Crippen LogP contribution in [0.3, 0.4) is 0 Å². The number of para-hydroxylation sites is 2. The first-order valence-corrected chi connectivity index (χ1v) is 16.6. The summed E-state index contributed by atoms with van der Waals surface area (Å²) in [6.45, 7) is 7.73. The molecule has 1 aliphatic heterocycles. The number of amides is 3. The first-order valence-electron chi connectivity index (χ1n) is 16.6. The Morgan fingerprint density at radius 1 is 0.917 bits per heavy atom. The number of aryl methyl sites for hydroxylation is 1. The number of likely N-dealkylation sites (tertiary alicyclic amines) is 1. The number of halogens is 2. The van der Waals surface area contributed by atoms with Crippen molar-refractivity contribution in [1.82, 2.24) is 9.80 Å². The molecule has 3 aromatic rings. The predicted molar refractivity (Wildman–Crippen MR) is 181 cm³/mol. The van der Waals surface area contributed by atoms with Gasteiger partial charge in [-0.2, -0.15) is 0 Å². The fraction of sp³-hybridized carbons (Fsp3) is 0.432. The van der Waals surface area contributed by atoms with Gasteiger partial charge in [0.05, 0.1) is 18.3 Å². The van der Waals surface area contributed by atoms with Crippen molar-refractivity contribution in [2.24, 2.45) is 5.73 Å². The van der Waals surface area contributed by atoms with Crippen LogP contribution in [0, 0.1) is 18.6 Å². The van der Waals surface area contributed by atoms with E-state index in [1.807, 2.05) is 13.8 Å². The number of aliphatic hydroxyl groups is 1. The van der Waals surface area contributed by atoms with Gasteiger partial charge in [-0.1, -0.05) is 26.0 Å². The van der Waals surface area contributed by atoms with Crippen molar-refractivity contribution < 1.29 is 33.0 Å². The fourth-order valence-electron chi connectivity index (χ4n) is 5.97. The molecule has 0 unspecified atom stereocenters. The molecule has 1 saturated heterocycles. The molecule has 0 aliphatic carbocycles. The van der Waals surface area contributed by atoms with E-state index >= 15 is 0 Å². The molecular formula is C37H46F2N4O5. The highest BCUT2D eigenvalue weighted by atomic mass is 19.1. The summed E-state index contributed by atoms with van der Waals surface area (Å²) in [5, 5.41) is 11.3. The minimum Gasteiger partial charge on any atom is -0.482 e. The average molecular weight is 665 g/mol. The van der Waals surface area contributed by atoms with Crippen LogP contribution >= 0.6 is 0 Å². The number of hydrogen-bond donors (Lipinski definition) is 2. The zero-order valence-electron chi connectivity index (χ0n) is 28.0. The standard InChI is InChI=1S/C37H46F2N4O5/c1-4-12-42(13-5-2)36(46)27-16-25(3)17-28(21-27)37(47)43(23-33(44)31(40)20-26-18-29(38)22-30(39)19-26)32-10-6-7-11-34(32)48-24-35(45)41-14-8-9-15-41/h6-7,10-11,16-19,21-22,31,33,44H,4-5,8-9,12-15,20,23-24,40H2,1-3H3/t31-,33+/m0/s1. The minimum absolute atomic E-state index is 0.0614. The Bertz CT molecular complexity index is 1550. The van der Waals surface area contributed by atoms with Gasteiger partial charge in [0.15, 0.2) is 6.61 Å². The van der Waals surface area contributed by atoms with Gasteiger partial charge in [0.1, 0.15) is 17.4 Å². The lowest BCUT2D eigenvalue weighted by Gasteiger charge is -2.30. The molecule has 0 saturated carbocycles. The lowest BCUT2D eigenvalue weighted by Crippen LogP contribution is -2.47. The quantitative estimate of drug-likeness (QED) is 0.233. The predicted octanol–water partition coefficient (Wildman–Crippen LogP) is 5.11. The topological polar surface area (TPSA) is 116 Å². The van der Waals surface area contributed by atoms with Gasteiger partial charge in [-0.05, 0) is 92.6 Å². The number of nitrogens with two attached hydrogens (primary N) is 1. The molecule has 1 aliphatic rings. The minimum atomic E-state index is -1.34. The maximum absolute atomic E-state index is 14.4. The number of hydrogen-bond acceptors (Lipinski definition) is 6. The van der Waals surface area contributed by atoms with Gasteiger partial charge in [0, 0.05) is 49.4 Å². The van der Waals surface area contributed by atoms with Crippen molar-refractivity contribution in [2.75, 3.05) is 44.2 Å². The first-order chi connectivity index (χ1) is 23.0. The second kappa shape index (κ2) is 17.2. The molecule has 4 rings (SSSR count). The molecule has 1 fully saturated rings. The van der Waals surface area contributed by atoms with Gasteiger partial charge in [-0.25, -0.2) is 8.78 Å². The Hall–Kier alpha value is -4.35. The molecule has 0 spiro atoms. The molecule has 3 N–H and O–H groups in total. The molecule has 258 valence electrons. The summed E-state index contributed by atoms with van der Waals surface area (Å²) in [7, 11) is 0. The van der Waals surface area contributed by atoms with Gasteiger partial charge in [0.25, 0.3) is 17.7 Å². The van der Waals surface area contributed by atoms with Crippen LogP contribution < -0.4 is 15.4 Å². The van der Waals surface area contributed by atoms with Crippen molar-refractivity contribution in [3.05, 3.63) is 94.6 Å². The van der Waals surface area contributed by atoms with E-state index in [0.717, 1.165) is 43.9 Å². The van der Waals surface area contributed by atoms with Crippen LogP contribution in [0.1, 0.15) is 71.4 Å². The van der Waals surface area contributed by atoms with Crippen molar-refractivity contribution in [2.45, 2.75) is 65.0 Å². The number of benzene rings is 3. The van der Waals surface area contributed by atoms with Crippen LogP contribution in [0.5, 0.6) is 5.75 Å². The molecule has 3 amide bonds. The van der Waals surface area contributed by atoms with Crippen LogP contribution in [-0.4, -0.2) is 84.1 Å². The third-order valence-electron chi connectivity index (χ3n) is 8.31. The first kappa shape index (κ1) is 36.5. The van der Waals surface area contributed by atoms with Gasteiger partial charge >= 0.3 is 0 Å². The normalized spacial score (nSPS) is 14.0. The smallest absolute Gasteiger partial charge is 0.260 e. The molecular weight excluding hydrogens is 618 g/mol. The highest BCUT2D eigenvalue weighted by molar-refractivity contribution is 6.08. The second-order valence-corrected chi connectivity index (χ2v) is 12.4. The van der Waals surface area contributed by atoms with Gasteiger partial charge in [-0.3, -0.25) is 14.4 Å². The zero-order chi connectivity index (χ0) is 34.8. The van der Waals surface area contributed by atoms with Crippen LogP contribution in [0.4, 0.5) is 14.5 Å². The average Bonchev–Trinajstić information content (AvgIpc) is 3.60. The summed E-state index contributed by atoms with van der Waals surface area (Å²) in [5.74, 6) is -2.17. The van der Waals surface area contributed by atoms with Crippen LogP contribution in [0.15, 0.2) is 60.7 Å². The number of rotatable bonds is 15. The van der Waals surface area contributed by atoms with Crippen molar-refractivity contribution >= 4 is 23.4 Å². The van der Waals surface area contributed by atoms with Crippen LogP contribution in [0.2, 0.25) is 0 Å². The SMILES string of the molecule is CCCN(CCC)C(=O)c1cc(C)cc(C(=O)N(C[C@@H](O)[C@@H](N)Cc2cc(F)cc(F)c2)c2ccccc2OCC(=O)N2CCCC2)c1. The van der Waals surface area contributed by atoms with E-state index < -0.39 is 29.7 Å². The van der Waals surface area contributed by atoms with Crippen LogP contribution in [-0.2, 0) is 11.2 Å². The lowest BCUT2D eigenvalue weighted by atomic mass is 10.00. The maximum Gasteiger partial charge on any atom is 0.260 e. The number of carbonyl (C=O) groups excluding carboxylic acids is 3. The summed E-state index contributed by atoms with van der Waals surface area (Å²) in [5.41, 5.74) is 8.15. The maximum atomic E-state index is 14.4. The highest BCUT2D eigenvalue weighted by Gasteiger charge is 2.29. The second-order valence-electron chi connectivity index (χ2n) is 12.4. The van der Waals surface area contributed by atoms with E-state index in [0.29, 0.717) is 37.3 Å². The van der Waals surface area contributed by atoms with Gasteiger partial charge in [0.2, 0.25) is 0 Å². The fourth-order valence-corrected chi connectivity index (χ4v) is 5.97. The van der Waals surface area contributed by atoms with E-state index in [2.05, 4.69) is 0 Å². The van der Waals surface area contributed by atoms with Crippen molar-refractivity contribution in [3.63, 3.8) is 0 Å². The molecule has 0 bridgehead atoms. The number of nitrogens with zero attached hydrogens (tertiary/aromatic N) is 3. The number of anilines is 1. The summed E-state index contributed by atoms with van der Waals surface area (Å²) in [6.07, 6.45) is 2.04. The Morgan fingerprint density at radius 2 is 1.52 bits per heavy atom. The zero-order valence-corrected chi connectivity index (χ0v) is 28.0. The monoisotopic (exact) mass is 664 g/mol. The Kier molecular flexibility index (Phi) is 13.0. The van der Waals surface area contributed by atoms with Crippen molar-refractivity contribution in [3.8, 4) is 5.75 Å². The van der Waals surface area contributed by atoms with Crippen LogP contribution in [0.25, 0.3) is 0 Å². The number of aliphatic hydroxyl groups excluding tert-OH is 1. The summed E-state index contributed by atoms with van der Waals surface area (Å²) >= 11 is 0. The molecule has 9 nitrogen and oxygen atoms in total. The van der Waals surface area contributed by atoms with Gasteiger partial charge < -0.3 is 30.3 Å². The highest BCUT2D eigenvalue weighted by Crippen LogP contribution is 2.31. The van der Waals surface area contributed by atoms with E-state index in [4.69, 9.17) is 10.5 Å². The van der Waals surface area contributed by atoms with E-state index in [1.165, 1.54) is 4.90 Å². The van der Waals surface area contributed by atoms with E-state index in [-0.39, 0.29) is 54.0 Å². The molecule has 0 aromatic heterocycles. The summed E-state index contributed by atoms with van der Waals surface area (Å²) in [6, 6.07) is 13.7. The molecule has 2 atom stereocenters. The van der Waals surface area contributed by atoms with Gasteiger partial charge in [-0.15, -0.1) is 0 Å². The third-order valence-corrected chi connectivity index (χ3v) is 8.31. The lowest BCUT2D eigenvalue weighted by molar-refractivity contribution is -0.132.